The van der Waals surface area contributed by atoms with Crippen LogP contribution >= 0.6 is 0 Å². The average molecular weight is 461 g/mol. The third-order valence-electron chi connectivity index (χ3n) is 5.27. The van der Waals surface area contributed by atoms with E-state index < -0.39 is 9.84 Å². The molecular weight excluding hydrogens is 436 g/mol. The summed E-state index contributed by atoms with van der Waals surface area (Å²) in [6, 6.07) is 24.9. The fraction of sp³-hybridized carbons (Fsp3) is 0.115. The van der Waals surface area contributed by atoms with Gasteiger partial charge in [-0.3, -0.25) is 4.79 Å². The summed E-state index contributed by atoms with van der Waals surface area (Å²) in [6.07, 6.45) is 0. The molecular formula is C26H24N2O4S. The van der Waals surface area contributed by atoms with Crippen molar-refractivity contribution in [3.63, 3.8) is 0 Å². The molecule has 2 N–H and O–H groups in total. The number of aryl methyl sites for hydroxylation is 1. The SMILES string of the molecule is COc1ccc(S(=O)(=O)c2cc(C)ccc2NCC(=O)Nc2ccc3ccccc3c2)cc1. The predicted octanol–water partition coefficient (Wildman–Crippen LogP) is 5.04. The molecule has 0 unspecified atom stereocenters. The van der Waals surface area contributed by atoms with Crippen molar-refractivity contribution in [1.29, 1.82) is 0 Å². The van der Waals surface area contributed by atoms with Gasteiger partial charge in [0.05, 0.1) is 29.1 Å². The van der Waals surface area contributed by atoms with Crippen LogP contribution in [-0.2, 0) is 14.6 Å². The Morgan fingerprint density at radius 1 is 0.879 bits per heavy atom. The number of carbonyl (C=O) groups is 1. The molecule has 7 heteroatoms. The van der Waals surface area contributed by atoms with Crippen LogP contribution in [0.1, 0.15) is 5.56 Å². The minimum absolute atomic E-state index is 0.0823. The zero-order valence-corrected chi connectivity index (χ0v) is 19.1. The number of amides is 1. The van der Waals surface area contributed by atoms with Crippen LogP contribution in [0.25, 0.3) is 10.8 Å². The van der Waals surface area contributed by atoms with E-state index in [2.05, 4.69) is 10.6 Å². The van der Waals surface area contributed by atoms with Gasteiger partial charge in [0.2, 0.25) is 15.7 Å². The number of sulfone groups is 1. The molecule has 0 saturated heterocycles. The van der Waals surface area contributed by atoms with Crippen molar-refractivity contribution in [1.82, 2.24) is 0 Å². The normalized spacial score (nSPS) is 11.2. The predicted molar refractivity (Wildman–Crippen MR) is 131 cm³/mol. The van der Waals surface area contributed by atoms with Crippen LogP contribution in [0.3, 0.4) is 0 Å². The summed E-state index contributed by atoms with van der Waals surface area (Å²) in [4.78, 5) is 12.8. The quantitative estimate of drug-likeness (QED) is 0.404. The van der Waals surface area contributed by atoms with Gasteiger partial charge in [0.15, 0.2) is 0 Å². The van der Waals surface area contributed by atoms with E-state index in [4.69, 9.17) is 4.74 Å². The second-order valence-electron chi connectivity index (χ2n) is 7.64. The maximum atomic E-state index is 13.3. The maximum Gasteiger partial charge on any atom is 0.243 e. The summed E-state index contributed by atoms with van der Waals surface area (Å²) >= 11 is 0. The van der Waals surface area contributed by atoms with Gasteiger partial charge in [0.1, 0.15) is 5.75 Å². The molecule has 0 bridgehead atoms. The Hall–Kier alpha value is -3.84. The first-order chi connectivity index (χ1) is 15.9. The lowest BCUT2D eigenvalue weighted by molar-refractivity contribution is -0.114. The lowest BCUT2D eigenvalue weighted by atomic mass is 10.1. The van der Waals surface area contributed by atoms with E-state index >= 15 is 0 Å². The standard InChI is InChI=1S/C26H24N2O4S/c1-18-7-14-24(25(15-18)33(30,31)23-12-10-22(32-2)11-13-23)27-17-26(29)28-21-9-8-19-5-3-4-6-20(19)16-21/h3-16,27H,17H2,1-2H3,(H,28,29). The largest absolute Gasteiger partial charge is 0.497 e. The first-order valence-electron chi connectivity index (χ1n) is 10.4. The smallest absolute Gasteiger partial charge is 0.243 e. The summed E-state index contributed by atoms with van der Waals surface area (Å²) in [5.41, 5.74) is 1.84. The van der Waals surface area contributed by atoms with Crippen LogP contribution in [0.2, 0.25) is 0 Å². The lowest BCUT2D eigenvalue weighted by Crippen LogP contribution is -2.22. The molecule has 0 atom stereocenters. The van der Waals surface area contributed by atoms with Crippen molar-refractivity contribution in [3.05, 3.63) is 90.5 Å². The Balaban J connectivity index is 1.52. The minimum atomic E-state index is -3.80. The number of anilines is 2. The Kier molecular flexibility index (Phi) is 6.33. The highest BCUT2D eigenvalue weighted by Gasteiger charge is 2.22. The van der Waals surface area contributed by atoms with Gasteiger partial charge < -0.3 is 15.4 Å². The Morgan fingerprint density at radius 3 is 2.33 bits per heavy atom. The number of carbonyl (C=O) groups excluding carboxylic acids is 1. The molecule has 168 valence electrons. The molecule has 6 nitrogen and oxygen atoms in total. The molecule has 0 fully saturated rings. The Bertz CT molecular complexity index is 1410. The highest BCUT2D eigenvalue weighted by Crippen LogP contribution is 2.30. The molecule has 0 aliphatic carbocycles. The van der Waals surface area contributed by atoms with Gasteiger partial charge in [0.25, 0.3) is 0 Å². The van der Waals surface area contributed by atoms with E-state index in [1.54, 1.807) is 30.3 Å². The third kappa shape index (κ3) is 4.99. The van der Waals surface area contributed by atoms with Crippen LogP contribution in [0.4, 0.5) is 11.4 Å². The zero-order chi connectivity index (χ0) is 23.4. The molecule has 0 aliphatic rings. The molecule has 0 heterocycles. The van der Waals surface area contributed by atoms with Crippen LogP contribution < -0.4 is 15.4 Å². The number of nitrogens with one attached hydrogen (secondary N) is 2. The summed E-state index contributed by atoms with van der Waals surface area (Å²) in [7, 11) is -2.28. The monoisotopic (exact) mass is 460 g/mol. The second-order valence-corrected chi connectivity index (χ2v) is 9.56. The van der Waals surface area contributed by atoms with E-state index in [9.17, 15) is 13.2 Å². The molecule has 0 aliphatic heterocycles. The lowest BCUT2D eigenvalue weighted by Gasteiger charge is -2.14. The van der Waals surface area contributed by atoms with Crippen LogP contribution in [0, 0.1) is 6.92 Å². The van der Waals surface area contributed by atoms with E-state index in [-0.39, 0.29) is 22.2 Å². The topological polar surface area (TPSA) is 84.5 Å². The summed E-state index contributed by atoms with van der Waals surface area (Å²) in [5.74, 6) is 0.292. The second kappa shape index (κ2) is 9.34. The van der Waals surface area contributed by atoms with Crippen molar-refractivity contribution in [2.75, 3.05) is 24.3 Å². The van der Waals surface area contributed by atoms with Crippen molar-refractivity contribution in [2.45, 2.75) is 16.7 Å². The highest BCUT2D eigenvalue weighted by atomic mass is 32.2. The number of hydrogen-bond donors (Lipinski definition) is 2. The minimum Gasteiger partial charge on any atom is -0.497 e. The molecule has 0 aromatic heterocycles. The van der Waals surface area contributed by atoms with Crippen molar-refractivity contribution >= 4 is 37.9 Å². The van der Waals surface area contributed by atoms with E-state index in [0.717, 1.165) is 16.3 Å². The van der Waals surface area contributed by atoms with Gasteiger partial charge in [-0.15, -0.1) is 0 Å². The molecule has 4 aromatic carbocycles. The van der Waals surface area contributed by atoms with Gasteiger partial charge in [-0.2, -0.15) is 0 Å². The number of benzene rings is 4. The number of rotatable bonds is 7. The Labute approximate surface area is 193 Å². The average Bonchev–Trinajstić information content (AvgIpc) is 2.83. The molecule has 0 radical (unpaired) electrons. The fourth-order valence-corrected chi connectivity index (χ4v) is 5.05. The molecule has 1 amide bonds. The third-order valence-corrected chi connectivity index (χ3v) is 7.08. The summed E-state index contributed by atoms with van der Waals surface area (Å²) < 4.78 is 31.7. The van der Waals surface area contributed by atoms with Crippen molar-refractivity contribution in [3.8, 4) is 5.75 Å². The molecule has 33 heavy (non-hydrogen) atoms. The van der Waals surface area contributed by atoms with Crippen molar-refractivity contribution in [2.24, 2.45) is 0 Å². The van der Waals surface area contributed by atoms with E-state index in [0.29, 0.717) is 17.1 Å². The summed E-state index contributed by atoms with van der Waals surface area (Å²) in [6.45, 7) is 1.74. The van der Waals surface area contributed by atoms with Crippen LogP contribution in [0.5, 0.6) is 5.75 Å². The van der Waals surface area contributed by atoms with Gasteiger partial charge in [-0.05, 0) is 71.8 Å². The van der Waals surface area contributed by atoms with E-state index in [1.807, 2.05) is 49.4 Å². The summed E-state index contributed by atoms with van der Waals surface area (Å²) in [5, 5.41) is 7.94. The molecule has 4 rings (SSSR count). The molecule has 0 saturated carbocycles. The fourth-order valence-electron chi connectivity index (χ4n) is 3.53. The van der Waals surface area contributed by atoms with Crippen molar-refractivity contribution < 1.29 is 17.9 Å². The first-order valence-corrected chi connectivity index (χ1v) is 11.9. The van der Waals surface area contributed by atoms with Gasteiger partial charge >= 0.3 is 0 Å². The molecule has 0 spiro atoms. The van der Waals surface area contributed by atoms with Gasteiger partial charge in [-0.25, -0.2) is 8.42 Å². The Morgan fingerprint density at radius 2 is 1.61 bits per heavy atom. The number of methoxy groups -OCH3 is 1. The first kappa shape index (κ1) is 22.4. The van der Waals surface area contributed by atoms with Crippen LogP contribution in [-0.4, -0.2) is 28.0 Å². The number of ether oxygens (including phenoxy) is 1. The van der Waals surface area contributed by atoms with Gasteiger partial charge in [-0.1, -0.05) is 36.4 Å². The zero-order valence-electron chi connectivity index (χ0n) is 18.3. The molecule has 4 aromatic rings. The van der Waals surface area contributed by atoms with Gasteiger partial charge in [0, 0.05) is 5.69 Å². The van der Waals surface area contributed by atoms with Crippen LogP contribution in [0.15, 0.2) is 94.7 Å². The number of hydrogen-bond acceptors (Lipinski definition) is 5. The maximum absolute atomic E-state index is 13.3. The highest BCUT2D eigenvalue weighted by molar-refractivity contribution is 7.91. The van der Waals surface area contributed by atoms with E-state index in [1.165, 1.54) is 19.2 Å². The number of fused-ring (bicyclic) bond motifs is 1.